The van der Waals surface area contributed by atoms with Crippen molar-refractivity contribution in [3.8, 4) is 0 Å². The lowest BCUT2D eigenvalue weighted by molar-refractivity contribution is 0.400. The molecule has 76 valence electrons. The Balaban J connectivity index is 2.37. The van der Waals surface area contributed by atoms with Crippen LogP contribution in [0.5, 0.6) is 0 Å². The third-order valence-corrected chi connectivity index (χ3v) is 3.63. The highest BCUT2D eigenvalue weighted by Gasteiger charge is 2.23. The van der Waals surface area contributed by atoms with Crippen molar-refractivity contribution >= 4 is 21.7 Å². The van der Waals surface area contributed by atoms with Gasteiger partial charge in [0, 0.05) is 5.92 Å². The molecule has 1 fully saturated rings. The van der Waals surface area contributed by atoms with Gasteiger partial charge in [-0.3, -0.25) is 0 Å². The zero-order valence-corrected chi connectivity index (χ0v) is 9.84. The minimum Gasteiger partial charge on any atom is -0.383 e. The van der Waals surface area contributed by atoms with Crippen molar-refractivity contribution in [1.82, 2.24) is 9.97 Å². The fraction of sp³-hybridized carbons (Fsp3) is 0.600. The van der Waals surface area contributed by atoms with Crippen molar-refractivity contribution < 1.29 is 0 Å². The minimum absolute atomic E-state index is 0.552. The lowest BCUT2D eigenvalue weighted by Crippen LogP contribution is -2.15. The lowest BCUT2D eigenvalue weighted by Gasteiger charge is -2.24. The first-order valence-corrected chi connectivity index (χ1v) is 5.83. The molecule has 1 aliphatic carbocycles. The molecule has 0 aliphatic heterocycles. The molecule has 1 heterocycles. The van der Waals surface area contributed by atoms with Crippen molar-refractivity contribution in [3.63, 3.8) is 0 Å². The fourth-order valence-electron chi connectivity index (χ4n) is 1.62. The van der Waals surface area contributed by atoms with E-state index in [1.54, 1.807) is 0 Å². The van der Waals surface area contributed by atoms with Crippen LogP contribution in [-0.4, -0.2) is 9.97 Å². The van der Waals surface area contributed by atoms with Crippen molar-refractivity contribution in [2.24, 2.45) is 0 Å². The Morgan fingerprint density at radius 2 is 2.14 bits per heavy atom. The zero-order chi connectivity index (χ0) is 10.1. The summed E-state index contributed by atoms with van der Waals surface area (Å²) in [7, 11) is 0. The van der Waals surface area contributed by atoms with Gasteiger partial charge in [-0.2, -0.15) is 0 Å². The standard InChI is InChI=1S/C10H14BrN3/c1-2-7-8(11)9(12)14-10(13-7)6-4-3-5-6/h6H,2-5H2,1H3,(H2,12,13,14). The van der Waals surface area contributed by atoms with Gasteiger partial charge >= 0.3 is 0 Å². The molecule has 0 saturated heterocycles. The molecule has 0 spiro atoms. The number of aromatic nitrogens is 2. The number of nitrogens with two attached hydrogens (primary N) is 1. The molecule has 0 atom stereocenters. The van der Waals surface area contributed by atoms with Crippen LogP contribution in [0.15, 0.2) is 4.47 Å². The van der Waals surface area contributed by atoms with Gasteiger partial charge in [-0.15, -0.1) is 0 Å². The molecule has 3 nitrogen and oxygen atoms in total. The second kappa shape index (κ2) is 3.85. The monoisotopic (exact) mass is 255 g/mol. The van der Waals surface area contributed by atoms with Gasteiger partial charge in [-0.25, -0.2) is 9.97 Å². The molecule has 1 aromatic rings. The summed E-state index contributed by atoms with van der Waals surface area (Å²) < 4.78 is 0.864. The Bertz CT molecular complexity index is 347. The van der Waals surface area contributed by atoms with E-state index in [1.807, 2.05) is 0 Å². The van der Waals surface area contributed by atoms with Gasteiger partial charge in [0.2, 0.25) is 0 Å². The van der Waals surface area contributed by atoms with Crippen LogP contribution in [0.1, 0.15) is 43.6 Å². The molecule has 0 radical (unpaired) electrons. The Morgan fingerprint density at radius 1 is 1.43 bits per heavy atom. The van der Waals surface area contributed by atoms with E-state index in [0.717, 1.165) is 22.4 Å². The van der Waals surface area contributed by atoms with Gasteiger partial charge in [-0.05, 0) is 35.2 Å². The van der Waals surface area contributed by atoms with Crippen LogP contribution >= 0.6 is 15.9 Å². The quantitative estimate of drug-likeness (QED) is 0.884. The summed E-state index contributed by atoms with van der Waals surface area (Å²) in [6.45, 7) is 2.08. The van der Waals surface area contributed by atoms with Gasteiger partial charge in [0.25, 0.3) is 0 Å². The van der Waals surface area contributed by atoms with Gasteiger partial charge in [0.1, 0.15) is 11.6 Å². The Hall–Kier alpha value is -0.640. The number of nitrogen functional groups attached to an aromatic ring is 1. The highest BCUT2D eigenvalue weighted by Crippen LogP contribution is 2.35. The summed E-state index contributed by atoms with van der Waals surface area (Å²) in [5.74, 6) is 2.07. The number of anilines is 1. The number of nitrogens with zero attached hydrogens (tertiary/aromatic N) is 2. The van der Waals surface area contributed by atoms with E-state index >= 15 is 0 Å². The minimum atomic E-state index is 0.552. The second-order valence-electron chi connectivity index (χ2n) is 3.71. The molecule has 0 bridgehead atoms. The molecule has 2 rings (SSSR count). The van der Waals surface area contributed by atoms with Gasteiger partial charge in [0.05, 0.1) is 10.2 Å². The average molecular weight is 256 g/mol. The number of aryl methyl sites for hydroxylation is 1. The predicted molar refractivity (Wildman–Crippen MR) is 60.1 cm³/mol. The van der Waals surface area contributed by atoms with Crippen LogP contribution in [0.2, 0.25) is 0 Å². The summed E-state index contributed by atoms with van der Waals surface area (Å²) >= 11 is 3.41. The number of halogens is 1. The van der Waals surface area contributed by atoms with Crippen LogP contribution in [0.4, 0.5) is 5.82 Å². The first-order valence-electron chi connectivity index (χ1n) is 5.04. The van der Waals surface area contributed by atoms with Crippen LogP contribution in [-0.2, 0) is 6.42 Å². The average Bonchev–Trinajstić information content (AvgIpc) is 2.08. The Labute approximate surface area is 92.3 Å². The van der Waals surface area contributed by atoms with E-state index in [0.29, 0.717) is 11.7 Å². The second-order valence-corrected chi connectivity index (χ2v) is 4.50. The molecule has 1 aliphatic rings. The van der Waals surface area contributed by atoms with Gasteiger partial charge < -0.3 is 5.73 Å². The molecule has 4 heteroatoms. The van der Waals surface area contributed by atoms with Gasteiger partial charge in [0.15, 0.2) is 0 Å². The smallest absolute Gasteiger partial charge is 0.141 e. The molecule has 0 amide bonds. The van der Waals surface area contributed by atoms with Crippen molar-refractivity contribution in [3.05, 3.63) is 16.0 Å². The Morgan fingerprint density at radius 3 is 2.64 bits per heavy atom. The van der Waals surface area contributed by atoms with E-state index in [4.69, 9.17) is 5.73 Å². The maximum absolute atomic E-state index is 5.82. The van der Waals surface area contributed by atoms with E-state index in [1.165, 1.54) is 19.3 Å². The van der Waals surface area contributed by atoms with Crippen molar-refractivity contribution in [1.29, 1.82) is 0 Å². The van der Waals surface area contributed by atoms with Crippen LogP contribution in [0, 0.1) is 0 Å². The van der Waals surface area contributed by atoms with E-state index < -0.39 is 0 Å². The summed E-state index contributed by atoms with van der Waals surface area (Å²) in [4.78, 5) is 8.86. The molecular formula is C10H14BrN3. The summed E-state index contributed by atoms with van der Waals surface area (Å²) in [5.41, 5.74) is 6.84. The molecule has 2 N–H and O–H groups in total. The molecule has 0 unspecified atom stereocenters. The molecule has 1 saturated carbocycles. The van der Waals surface area contributed by atoms with E-state index in [2.05, 4.69) is 32.8 Å². The maximum Gasteiger partial charge on any atom is 0.141 e. The summed E-state index contributed by atoms with van der Waals surface area (Å²) in [6.07, 6.45) is 4.62. The molecule has 1 aromatic heterocycles. The molecule has 0 aromatic carbocycles. The van der Waals surface area contributed by atoms with Crippen molar-refractivity contribution in [2.75, 3.05) is 5.73 Å². The fourth-order valence-corrected chi connectivity index (χ4v) is 2.07. The van der Waals surface area contributed by atoms with Crippen LogP contribution in [0.25, 0.3) is 0 Å². The van der Waals surface area contributed by atoms with Gasteiger partial charge in [-0.1, -0.05) is 13.3 Å². The first-order chi connectivity index (χ1) is 6.72. The first kappa shape index (κ1) is 9.90. The maximum atomic E-state index is 5.82. The molecular weight excluding hydrogens is 242 g/mol. The highest BCUT2D eigenvalue weighted by atomic mass is 79.9. The summed E-state index contributed by atoms with van der Waals surface area (Å²) in [5, 5.41) is 0. The van der Waals surface area contributed by atoms with E-state index in [-0.39, 0.29) is 0 Å². The zero-order valence-electron chi connectivity index (χ0n) is 8.26. The van der Waals surface area contributed by atoms with E-state index in [9.17, 15) is 0 Å². The summed E-state index contributed by atoms with van der Waals surface area (Å²) in [6, 6.07) is 0. The number of hydrogen-bond donors (Lipinski definition) is 1. The van der Waals surface area contributed by atoms with Crippen LogP contribution in [0.3, 0.4) is 0 Å². The predicted octanol–water partition coefficient (Wildman–Crippen LogP) is 2.65. The molecule has 14 heavy (non-hydrogen) atoms. The SMILES string of the molecule is CCc1nc(C2CCC2)nc(N)c1Br. The lowest BCUT2D eigenvalue weighted by atomic mass is 9.85. The number of rotatable bonds is 2. The highest BCUT2D eigenvalue weighted by molar-refractivity contribution is 9.10. The Kier molecular flexibility index (Phi) is 2.72. The van der Waals surface area contributed by atoms with Crippen LogP contribution < -0.4 is 5.73 Å². The normalized spacial score (nSPS) is 16.7. The number of hydrogen-bond acceptors (Lipinski definition) is 3. The third-order valence-electron chi connectivity index (χ3n) is 2.77. The third kappa shape index (κ3) is 1.63. The topological polar surface area (TPSA) is 51.8 Å². The largest absolute Gasteiger partial charge is 0.383 e. The van der Waals surface area contributed by atoms with Crippen molar-refractivity contribution in [2.45, 2.75) is 38.5 Å².